The number of anilines is 1. The van der Waals surface area contributed by atoms with Gasteiger partial charge in [0.05, 0.1) is 12.1 Å². The van der Waals surface area contributed by atoms with Gasteiger partial charge in [-0.1, -0.05) is 23.2 Å². The maximum atomic E-state index is 12.0. The highest BCUT2D eigenvalue weighted by Gasteiger charge is 2.09. The second-order valence-corrected chi connectivity index (χ2v) is 6.22. The molecule has 4 nitrogen and oxygen atoms in total. The molecule has 0 bridgehead atoms. The zero-order valence-electron chi connectivity index (χ0n) is 13.8. The van der Waals surface area contributed by atoms with Gasteiger partial charge in [-0.25, -0.2) is 0 Å². The molecular weight excluding hydrogens is 373 g/mol. The van der Waals surface area contributed by atoms with E-state index in [-0.39, 0.29) is 5.91 Å². The molecule has 0 radical (unpaired) electrons. The van der Waals surface area contributed by atoms with E-state index in [9.17, 15) is 4.79 Å². The molecule has 6 heteroatoms. The number of rotatable bonds is 5. The molecule has 132 valence electrons. The molecule has 0 saturated carbocycles. The summed E-state index contributed by atoms with van der Waals surface area (Å²) in [6.07, 6.45) is 2.98. The van der Waals surface area contributed by atoms with Gasteiger partial charge in [-0.05, 0) is 60.7 Å². The molecule has 1 N–H and O–H groups in total. The Hall–Kier alpha value is -2.69. The smallest absolute Gasteiger partial charge is 0.248 e. The SMILES string of the molecule is COc1ccc(NC(=O)/C=C/c2ccc(-c3cc(Cl)ccc3Cl)o2)cc1. The van der Waals surface area contributed by atoms with Crippen molar-refractivity contribution < 1.29 is 13.9 Å². The number of ether oxygens (including phenoxy) is 1. The van der Waals surface area contributed by atoms with Gasteiger partial charge in [-0.3, -0.25) is 4.79 Å². The number of halogens is 2. The van der Waals surface area contributed by atoms with Crippen LogP contribution in [0.25, 0.3) is 17.4 Å². The minimum absolute atomic E-state index is 0.270. The van der Waals surface area contributed by atoms with Crippen molar-refractivity contribution in [1.82, 2.24) is 0 Å². The molecular formula is C20H15Cl2NO3. The lowest BCUT2D eigenvalue weighted by Crippen LogP contribution is -2.07. The molecule has 0 aliphatic rings. The number of nitrogens with one attached hydrogen (secondary N) is 1. The quantitative estimate of drug-likeness (QED) is 0.553. The average molecular weight is 388 g/mol. The molecule has 0 aliphatic carbocycles. The standard InChI is InChI=1S/C20H15Cl2NO3/c1-25-15-5-3-14(4-6-15)23-20(24)11-8-16-7-10-19(26-16)17-12-13(21)2-9-18(17)22/h2-12H,1H3,(H,23,24)/b11-8+. The highest BCUT2D eigenvalue weighted by Crippen LogP contribution is 2.32. The summed E-state index contributed by atoms with van der Waals surface area (Å²) in [6.45, 7) is 0. The molecule has 1 amide bonds. The van der Waals surface area contributed by atoms with Crippen LogP contribution < -0.4 is 10.1 Å². The highest BCUT2D eigenvalue weighted by atomic mass is 35.5. The third-order valence-electron chi connectivity index (χ3n) is 3.58. The second kappa shape index (κ2) is 8.13. The Morgan fingerprint density at radius 2 is 1.85 bits per heavy atom. The molecule has 3 rings (SSSR count). The molecule has 0 atom stereocenters. The van der Waals surface area contributed by atoms with Crippen molar-refractivity contribution in [1.29, 1.82) is 0 Å². The minimum atomic E-state index is -0.270. The third kappa shape index (κ3) is 4.48. The summed E-state index contributed by atoms with van der Waals surface area (Å²) in [5, 5.41) is 3.86. The minimum Gasteiger partial charge on any atom is -0.497 e. The summed E-state index contributed by atoms with van der Waals surface area (Å²) in [6, 6.07) is 15.7. The number of amides is 1. The third-order valence-corrected chi connectivity index (χ3v) is 4.14. The number of methoxy groups -OCH3 is 1. The van der Waals surface area contributed by atoms with E-state index >= 15 is 0 Å². The van der Waals surface area contributed by atoms with Crippen molar-refractivity contribution >= 4 is 40.9 Å². The van der Waals surface area contributed by atoms with Crippen LogP contribution in [0.5, 0.6) is 5.75 Å². The van der Waals surface area contributed by atoms with Crippen LogP contribution in [-0.2, 0) is 4.79 Å². The zero-order chi connectivity index (χ0) is 18.5. The topological polar surface area (TPSA) is 51.5 Å². The summed E-state index contributed by atoms with van der Waals surface area (Å²) in [7, 11) is 1.59. The van der Waals surface area contributed by atoms with Gasteiger partial charge in [-0.2, -0.15) is 0 Å². The van der Waals surface area contributed by atoms with Crippen LogP contribution >= 0.6 is 23.2 Å². The van der Waals surface area contributed by atoms with E-state index in [4.69, 9.17) is 32.4 Å². The van der Waals surface area contributed by atoms with Gasteiger partial charge < -0.3 is 14.5 Å². The summed E-state index contributed by atoms with van der Waals surface area (Å²) < 4.78 is 10.8. The lowest BCUT2D eigenvalue weighted by molar-refractivity contribution is -0.111. The Labute approximate surface area is 161 Å². The largest absolute Gasteiger partial charge is 0.497 e. The molecule has 1 heterocycles. The van der Waals surface area contributed by atoms with Crippen LogP contribution in [0.15, 0.2) is 65.1 Å². The molecule has 26 heavy (non-hydrogen) atoms. The van der Waals surface area contributed by atoms with Gasteiger partial charge in [0.1, 0.15) is 17.3 Å². The van der Waals surface area contributed by atoms with Crippen LogP contribution in [0.3, 0.4) is 0 Å². The molecule has 2 aromatic carbocycles. The predicted molar refractivity (Wildman–Crippen MR) is 105 cm³/mol. The van der Waals surface area contributed by atoms with Gasteiger partial charge in [0.25, 0.3) is 0 Å². The number of hydrogen-bond donors (Lipinski definition) is 1. The van der Waals surface area contributed by atoms with Crippen LogP contribution in [0.2, 0.25) is 10.0 Å². The number of carbonyl (C=O) groups is 1. The molecule has 0 saturated heterocycles. The van der Waals surface area contributed by atoms with Crippen molar-refractivity contribution in [2.75, 3.05) is 12.4 Å². The van der Waals surface area contributed by atoms with Gasteiger partial charge in [0, 0.05) is 22.3 Å². The van der Waals surface area contributed by atoms with Crippen molar-refractivity contribution in [3.8, 4) is 17.1 Å². The summed E-state index contributed by atoms with van der Waals surface area (Å²) >= 11 is 12.2. The second-order valence-electron chi connectivity index (χ2n) is 5.38. The fourth-order valence-corrected chi connectivity index (χ4v) is 2.67. The van der Waals surface area contributed by atoms with Gasteiger partial charge in [0.2, 0.25) is 5.91 Å². The first kappa shape index (κ1) is 18.1. The Bertz CT molecular complexity index is 946. The lowest BCUT2D eigenvalue weighted by atomic mass is 10.2. The van der Waals surface area contributed by atoms with Crippen LogP contribution in [0, 0.1) is 0 Å². The first-order valence-corrected chi connectivity index (χ1v) is 8.49. The summed E-state index contributed by atoms with van der Waals surface area (Å²) in [4.78, 5) is 12.0. The van der Waals surface area contributed by atoms with E-state index in [1.807, 2.05) is 0 Å². The maximum absolute atomic E-state index is 12.0. The molecule has 0 aliphatic heterocycles. The number of carbonyl (C=O) groups excluding carboxylic acids is 1. The van der Waals surface area contributed by atoms with E-state index in [0.29, 0.717) is 32.8 Å². The van der Waals surface area contributed by atoms with E-state index in [0.717, 1.165) is 5.75 Å². The molecule has 0 unspecified atom stereocenters. The molecule has 1 aromatic heterocycles. The average Bonchev–Trinajstić information content (AvgIpc) is 3.11. The van der Waals surface area contributed by atoms with E-state index in [1.54, 1.807) is 67.8 Å². The number of furan rings is 1. The Morgan fingerprint density at radius 1 is 1.08 bits per heavy atom. The van der Waals surface area contributed by atoms with Gasteiger partial charge >= 0.3 is 0 Å². The molecule has 0 fully saturated rings. The number of hydrogen-bond acceptors (Lipinski definition) is 3. The van der Waals surface area contributed by atoms with Crippen molar-refractivity contribution in [2.45, 2.75) is 0 Å². The lowest BCUT2D eigenvalue weighted by Gasteiger charge is -2.03. The number of benzene rings is 2. The van der Waals surface area contributed by atoms with E-state index in [2.05, 4.69) is 5.32 Å². The molecule has 0 spiro atoms. The Morgan fingerprint density at radius 3 is 2.58 bits per heavy atom. The zero-order valence-corrected chi connectivity index (χ0v) is 15.3. The fraction of sp³-hybridized carbons (Fsp3) is 0.0500. The Balaban J connectivity index is 1.67. The van der Waals surface area contributed by atoms with Crippen molar-refractivity contribution in [2.24, 2.45) is 0 Å². The Kier molecular flexibility index (Phi) is 5.66. The van der Waals surface area contributed by atoms with E-state index in [1.165, 1.54) is 6.08 Å². The summed E-state index contributed by atoms with van der Waals surface area (Å²) in [5.41, 5.74) is 1.37. The van der Waals surface area contributed by atoms with Crippen LogP contribution in [-0.4, -0.2) is 13.0 Å². The van der Waals surface area contributed by atoms with Crippen LogP contribution in [0.1, 0.15) is 5.76 Å². The van der Waals surface area contributed by atoms with Crippen molar-refractivity contribution in [3.05, 3.63) is 76.5 Å². The predicted octanol–water partition coefficient (Wildman–Crippen LogP) is 5.91. The fourth-order valence-electron chi connectivity index (χ4n) is 2.29. The van der Waals surface area contributed by atoms with Gasteiger partial charge in [-0.15, -0.1) is 0 Å². The molecule has 3 aromatic rings. The first-order valence-electron chi connectivity index (χ1n) is 7.73. The summed E-state index contributed by atoms with van der Waals surface area (Å²) in [5.74, 6) is 1.56. The monoisotopic (exact) mass is 387 g/mol. The highest BCUT2D eigenvalue weighted by molar-refractivity contribution is 6.35. The normalized spacial score (nSPS) is 10.9. The first-order chi connectivity index (χ1) is 12.5. The maximum Gasteiger partial charge on any atom is 0.248 e. The van der Waals surface area contributed by atoms with E-state index < -0.39 is 0 Å². The van der Waals surface area contributed by atoms with Crippen molar-refractivity contribution in [3.63, 3.8) is 0 Å². The van der Waals surface area contributed by atoms with Crippen LogP contribution in [0.4, 0.5) is 5.69 Å². The van der Waals surface area contributed by atoms with Gasteiger partial charge in [0.15, 0.2) is 0 Å².